The van der Waals surface area contributed by atoms with Gasteiger partial charge in [-0.3, -0.25) is 4.79 Å². The van der Waals surface area contributed by atoms with Crippen molar-refractivity contribution in [1.82, 2.24) is 0 Å². The van der Waals surface area contributed by atoms with E-state index >= 15 is 0 Å². The maximum Gasteiger partial charge on any atom is 0.334 e. The molecule has 0 fully saturated rings. The number of aliphatic carboxylic acids is 1. The van der Waals surface area contributed by atoms with Gasteiger partial charge >= 0.3 is 11.9 Å². The molecule has 0 spiro atoms. The summed E-state index contributed by atoms with van der Waals surface area (Å²) in [6, 6.07) is 7.19. The van der Waals surface area contributed by atoms with Crippen LogP contribution in [0, 0.1) is 0 Å². The van der Waals surface area contributed by atoms with E-state index in [1.807, 2.05) is 6.07 Å². The molecule has 0 atom stereocenters. The van der Waals surface area contributed by atoms with E-state index in [0.29, 0.717) is 17.9 Å². The van der Waals surface area contributed by atoms with Gasteiger partial charge in [-0.25, -0.2) is 4.79 Å². The predicted molar refractivity (Wildman–Crippen MR) is 83.7 cm³/mol. The molecule has 22 heavy (non-hydrogen) atoms. The van der Waals surface area contributed by atoms with Gasteiger partial charge in [0.25, 0.3) is 0 Å². The number of rotatable bonds is 9. The van der Waals surface area contributed by atoms with Crippen LogP contribution in [0.2, 0.25) is 0 Å². The lowest BCUT2D eigenvalue weighted by Gasteiger charge is -2.07. The van der Waals surface area contributed by atoms with Crippen LogP contribution in [0.25, 0.3) is 6.08 Å². The zero-order valence-corrected chi connectivity index (χ0v) is 13.0. The Morgan fingerprint density at radius 2 is 2.05 bits per heavy atom. The van der Waals surface area contributed by atoms with Gasteiger partial charge in [0, 0.05) is 5.57 Å². The van der Waals surface area contributed by atoms with Crippen molar-refractivity contribution in [2.75, 3.05) is 13.2 Å². The third kappa shape index (κ3) is 6.43. The van der Waals surface area contributed by atoms with Crippen LogP contribution >= 0.6 is 0 Å². The van der Waals surface area contributed by atoms with Gasteiger partial charge in [-0.1, -0.05) is 25.5 Å². The number of carboxylic acid groups (broad SMARTS) is 1. The minimum Gasteiger partial charge on any atom is -0.494 e. The molecule has 0 bridgehead atoms. The van der Waals surface area contributed by atoms with Crippen LogP contribution in [-0.2, 0) is 14.3 Å². The molecule has 1 aromatic rings. The first-order chi connectivity index (χ1) is 10.6. The largest absolute Gasteiger partial charge is 0.494 e. The van der Waals surface area contributed by atoms with E-state index in [0.717, 1.165) is 12.8 Å². The molecule has 0 heterocycles. The summed E-state index contributed by atoms with van der Waals surface area (Å²) in [5.74, 6) is -0.988. The highest BCUT2D eigenvalue weighted by molar-refractivity contribution is 5.98. The normalized spacial score (nSPS) is 11.1. The van der Waals surface area contributed by atoms with Crippen LogP contribution in [0.1, 0.15) is 38.7 Å². The summed E-state index contributed by atoms with van der Waals surface area (Å²) < 4.78 is 10.5. The Morgan fingerprint density at radius 3 is 2.68 bits per heavy atom. The summed E-state index contributed by atoms with van der Waals surface area (Å²) in [7, 11) is 0. The molecule has 0 aliphatic rings. The van der Waals surface area contributed by atoms with Crippen molar-refractivity contribution in [1.29, 1.82) is 0 Å². The molecule has 0 amide bonds. The lowest BCUT2D eigenvalue weighted by atomic mass is 10.1. The second kappa shape index (κ2) is 9.60. The highest BCUT2D eigenvalue weighted by atomic mass is 16.5. The van der Waals surface area contributed by atoms with E-state index in [1.54, 1.807) is 25.1 Å². The van der Waals surface area contributed by atoms with Gasteiger partial charge in [-0.2, -0.15) is 0 Å². The standard InChI is InChI=1S/C17H22O5/c1-3-5-9-22-15-8-6-7-13(11-15)10-14(12-16(18)19)17(20)21-4-2/h6-8,10-11H,3-5,9,12H2,1-2H3,(H,18,19)/b14-10+. The Kier molecular flexibility index (Phi) is 7.75. The van der Waals surface area contributed by atoms with Crippen molar-refractivity contribution in [3.05, 3.63) is 35.4 Å². The number of carbonyl (C=O) groups is 2. The zero-order chi connectivity index (χ0) is 16.4. The first kappa shape index (κ1) is 17.8. The number of esters is 1. The smallest absolute Gasteiger partial charge is 0.334 e. The first-order valence-corrected chi connectivity index (χ1v) is 7.39. The summed E-state index contributed by atoms with van der Waals surface area (Å²) in [5.41, 5.74) is 0.818. The third-order valence-corrected chi connectivity index (χ3v) is 2.84. The van der Waals surface area contributed by atoms with Crippen LogP contribution in [0.3, 0.4) is 0 Å². The highest BCUT2D eigenvalue weighted by Gasteiger charge is 2.14. The van der Waals surface area contributed by atoms with Gasteiger partial charge < -0.3 is 14.6 Å². The molecule has 1 rings (SSSR count). The Balaban J connectivity index is 2.91. The van der Waals surface area contributed by atoms with Crippen molar-refractivity contribution < 1.29 is 24.2 Å². The van der Waals surface area contributed by atoms with Crippen molar-refractivity contribution in [2.24, 2.45) is 0 Å². The number of hydrogen-bond acceptors (Lipinski definition) is 4. The molecule has 0 aliphatic heterocycles. The van der Waals surface area contributed by atoms with E-state index in [-0.39, 0.29) is 18.6 Å². The molecule has 0 saturated carbocycles. The summed E-state index contributed by atoms with van der Waals surface area (Å²) in [4.78, 5) is 22.7. The third-order valence-electron chi connectivity index (χ3n) is 2.84. The van der Waals surface area contributed by atoms with Gasteiger partial charge in [-0.15, -0.1) is 0 Å². The molecule has 5 nitrogen and oxygen atoms in total. The van der Waals surface area contributed by atoms with Crippen LogP contribution in [0.15, 0.2) is 29.8 Å². The van der Waals surface area contributed by atoms with Gasteiger partial charge in [0.15, 0.2) is 0 Å². The minimum atomic E-state index is -1.07. The summed E-state index contributed by atoms with van der Waals surface area (Å²) >= 11 is 0. The lowest BCUT2D eigenvalue weighted by Crippen LogP contribution is -2.11. The van der Waals surface area contributed by atoms with E-state index in [1.165, 1.54) is 6.08 Å². The molecule has 120 valence electrons. The molecule has 1 N–H and O–H groups in total. The number of carbonyl (C=O) groups excluding carboxylic acids is 1. The fraction of sp³-hybridized carbons (Fsp3) is 0.412. The van der Waals surface area contributed by atoms with Crippen LogP contribution in [-0.4, -0.2) is 30.3 Å². The van der Waals surface area contributed by atoms with E-state index < -0.39 is 11.9 Å². The van der Waals surface area contributed by atoms with Crippen LogP contribution < -0.4 is 4.74 Å². The van der Waals surface area contributed by atoms with E-state index in [4.69, 9.17) is 14.6 Å². The van der Waals surface area contributed by atoms with Gasteiger partial charge in [0.1, 0.15) is 5.75 Å². The van der Waals surface area contributed by atoms with Gasteiger partial charge in [-0.05, 0) is 37.1 Å². The molecular weight excluding hydrogens is 284 g/mol. The zero-order valence-electron chi connectivity index (χ0n) is 13.0. The van der Waals surface area contributed by atoms with Crippen molar-refractivity contribution in [3.8, 4) is 5.75 Å². The van der Waals surface area contributed by atoms with Crippen molar-refractivity contribution >= 4 is 18.0 Å². The van der Waals surface area contributed by atoms with Crippen molar-refractivity contribution in [2.45, 2.75) is 33.1 Å². The van der Waals surface area contributed by atoms with Gasteiger partial charge in [0.2, 0.25) is 0 Å². The van der Waals surface area contributed by atoms with Crippen LogP contribution in [0.4, 0.5) is 0 Å². The molecule has 0 saturated heterocycles. The number of unbranched alkanes of at least 4 members (excludes halogenated alkanes) is 1. The molecule has 0 unspecified atom stereocenters. The second-order valence-corrected chi connectivity index (χ2v) is 4.74. The van der Waals surface area contributed by atoms with Crippen molar-refractivity contribution in [3.63, 3.8) is 0 Å². The Hall–Kier alpha value is -2.30. The van der Waals surface area contributed by atoms with Gasteiger partial charge in [0.05, 0.1) is 19.6 Å². The Labute approximate surface area is 130 Å². The number of ether oxygens (including phenoxy) is 2. The average Bonchev–Trinajstić information content (AvgIpc) is 2.47. The molecular formula is C17H22O5. The quantitative estimate of drug-likeness (QED) is 0.430. The molecule has 0 radical (unpaired) electrons. The predicted octanol–water partition coefficient (Wildman–Crippen LogP) is 3.29. The maximum absolute atomic E-state index is 11.8. The SMILES string of the molecule is CCCCOc1cccc(/C=C(\CC(=O)O)C(=O)OCC)c1. The van der Waals surface area contributed by atoms with E-state index in [2.05, 4.69) is 6.92 Å². The fourth-order valence-corrected chi connectivity index (χ4v) is 1.80. The fourth-order valence-electron chi connectivity index (χ4n) is 1.80. The van der Waals surface area contributed by atoms with Crippen LogP contribution in [0.5, 0.6) is 5.75 Å². The maximum atomic E-state index is 11.8. The minimum absolute atomic E-state index is 0.111. The highest BCUT2D eigenvalue weighted by Crippen LogP contribution is 2.18. The molecule has 5 heteroatoms. The summed E-state index contributed by atoms with van der Waals surface area (Å²) in [5, 5.41) is 8.90. The molecule has 1 aromatic carbocycles. The lowest BCUT2D eigenvalue weighted by molar-refractivity contribution is -0.142. The number of carboxylic acids is 1. The first-order valence-electron chi connectivity index (χ1n) is 7.39. The Morgan fingerprint density at radius 1 is 1.27 bits per heavy atom. The second-order valence-electron chi connectivity index (χ2n) is 4.74. The molecule has 0 aromatic heterocycles. The summed E-state index contributed by atoms with van der Waals surface area (Å²) in [6.07, 6.45) is 3.16. The topological polar surface area (TPSA) is 72.8 Å². The average molecular weight is 306 g/mol. The Bertz CT molecular complexity index is 534. The number of benzene rings is 1. The summed E-state index contributed by atoms with van der Waals surface area (Å²) in [6.45, 7) is 4.60. The van der Waals surface area contributed by atoms with E-state index in [9.17, 15) is 9.59 Å². The molecule has 0 aliphatic carbocycles. The number of hydrogen-bond donors (Lipinski definition) is 1. The monoisotopic (exact) mass is 306 g/mol.